The molecule has 0 spiro atoms. The van der Waals surface area contributed by atoms with Gasteiger partial charge in [-0.3, -0.25) is 0 Å². The third-order valence-corrected chi connectivity index (χ3v) is 4.31. The van der Waals surface area contributed by atoms with Crippen LogP contribution in [0.3, 0.4) is 0 Å². The maximum Gasteiger partial charge on any atom is 0.166 e. The molecule has 1 aromatic heterocycles. The second kappa shape index (κ2) is 7.45. The van der Waals surface area contributed by atoms with Gasteiger partial charge in [-0.05, 0) is 29.8 Å². The van der Waals surface area contributed by atoms with Crippen LogP contribution in [0.1, 0.15) is 5.56 Å². The fraction of sp³-hybridized carbons (Fsp3) is 0.150. The Balaban J connectivity index is 1.81. The van der Waals surface area contributed by atoms with Crippen LogP contribution in [0.5, 0.6) is 5.75 Å². The van der Waals surface area contributed by atoms with E-state index < -0.39 is 0 Å². The lowest BCUT2D eigenvalue weighted by atomic mass is 10.1. The zero-order valence-electron chi connectivity index (χ0n) is 14.2. The summed E-state index contributed by atoms with van der Waals surface area (Å²) in [6.07, 6.45) is 1.75. The zero-order valence-corrected chi connectivity index (χ0v) is 15.0. The second-order valence-electron chi connectivity index (χ2n) is 5.93. The number of rotatable bonds is 5. The Morgan fingerprint density at radius 3 is 2.44 bits per heavy atom. The van der Waals surface area contributed by atoms with Gasteiger partial charge in [0.15, 0.2) is 11.6 Å². The molecule has 2 aromatic carbocycles. The highest BCUT2D eigenvalue weighted by Crippen LogP contribution is 2.29. The number of nitrogen functional groups attached to an aromatic ring is 1. The summed E-state index contributed by atoms with van der Waals surface area (Å²) in [6.45, 7) is 0.342. The van der Waals surface area contributed by atoms with Crippen molar-refractivity contribution in [1.82, 2.24) is 4.98 Å². The van der Waals surface area contributed by atoms with Crippen LogP contribution in [0.25, 0.3) is 11.1 Å². The summed E-state index contributed by atoms with van der Waals surface area (Å²) in [5, 5.41) is 0.671. The van der Waals surface area contributed by atoms with Crippen LogP contribution in [0.4, 0.5) is 11.5 Å². The minimum Gasteiger partial charge on any atom is -0.485 e. The van der Waals surface area contributed by atoms with Crippen molar-refractivity contribution in [2.45, 2.75) is 6.61 Å². The summed E-state index contributed by atoms with van der Waals surface area (Å²) in [7, 11) is 4.03. The Morgan fingerprint density at radius 2 is 1.76 bits per heavy atom. The van der Waals surface area contributed by atoms with Crippen molar-refractivity contribution >= 4 is 23.1 Å². The van der Waals surface area contributed by atoms with Gasteiger partial charge in [0, 0.05) is 42.1 Å². The van der Waals surface area contributed by atoms with Crippen LogP contribution >= 0.6 is 11.6 Å². The molecule has 0 bridgehead atoms. The lowest BCUT2D eigenvalue weighted by molar-refractivity contribution is 0.307. The normalized spacial score (nSPS) is 10.5. The largest absolute Gasteiger partial charge is 0.485 e. The van der Waals surface area contributed by atoms with Crippen LogP contribution in [-0.4, -0.2) is 19.1 Å². The number of halogens is 1. The molecule has 0 amide bonds. The smallest absolute Gasteiger partial charge is 0.166 e. The van der Waals surface area contributed by atoms with E-state index in [1.165, 1.54) is 0 Å². The van der Waals surface area contributed by atoms with Crippen LogP contribution < -0.4 is 15.4 Å². The minimum absolute atomic E-state index is 0.342. The van der Waals surface area contributed by atoms with Crippen LogP contribution in [0, 0.1) is 0 Å². The molecule has 0 fully saturated rings. The number of pyridine rings is 1. The van der Waals surface area contributed by atoms with Crippen LogP contribution in [0.2, 0.25) is 5.02 Å². The fourth-order valence-corrected chi connectivity index (χ4v) is 2.64. The monoisotopic (exact) mass is 353 g/mol. The average molecular weight is 354 g/mol. The predicted octanol–water partition coefficient (Wildman–Crippen LogP) is 4.63. The number of nitrogens with zero attached hydrogens (tertiary/aromatic N) is 2. The molecule has 0 saturated carbocycles. The third-order valence-electron chi connectivity index (χ3n) is 3.94. The van der Waals surface area contributed by atoms with E-state index in [4.69, 9.17) is 22.1 Å². The maximum atomic E-state index is 6.17. The number of benzene rings is 2. The number of hydrogen-bond donors (Lipinski definition) is 1. The third kappa shape index (κ3) is 4.03. The molecular weight excluding hydrogens is 334 g/mol. The summed E-state index contributed by atoms with van der Waals surface area (Å²) < 4.78 is 5.85. The van der Waals surface area contributed by atoms with E-state index in [1.807, 2.05) is 44.4 Å². The van der Waals surface area contributed by atoms with Crippen molar-refractivity contribution in [3.05, 3.63) is 71.4 Å². The molecule has 25 heavy (non-hydrogen) atoms. The van der Waals surface area contributed by atoms with Crippen molar-refractivity contribution in [2.24, 2.45) is 0 Å². The molecule has 1 heterocycles. The molecule has 128 valence electrons. The Kier molecular flexibility index (Phi) is 5.10. The van der Waals surface area contributed by atoms with Crippen molar-refractivity contribution in [2.75, 3.05) is 24.7 Å². The highest BCUT2D eigenvalue weighted by Gasteiger charge is 2.08. The molecule has 5 heteroatoms. The van der Waals surface area contributed by atoms with Crippen molar-refractivity contribution in [3.8, 4) is 16.9 Å². The molecule has 0 radical (unpaired) electrons. The molecule has 0 saturated heterocycles. The Labute approximate surface area is 152 Å². The Bertz CT molecular complexity index is 863. The lowest BCUT2D eigenvalue weighted by Gasteiger charge is -2.14. The Morgan fingerprint density at radius 1 is 1.04 bits per heavy atom. The average Bonchev–Trinajstić information content (AvgIpc) is 2.62. The number of ether oxygens (including phenoxy) is 1. The van der Waals surface area contributed by atoms with E-state index in [-0.39, 0.29) is 0 Å². The number of nitrogens with two attached hydrogens (primary N) is 1. The van der Waals surface area contributed by atoms with Gasteiger partial charge in [0.1, 0.15) is 6.61 Å². The molecule has 0 unspecified atom stereocenters. The van der Waals surface area contributed by atoms with Gasteiger partial charge in [0.25, 0.3) is 0 Å². The topological polar surface area (TPSA) is 51.4 Å². The number of anilines is 2. The summed E-state index contributed by atoms with van der Waals surface area (Å²) in [5.41, 5.74) is 10.0. The van der Waals surface area contributed by atoms with Gasteiger partial charge in [-0.15, -0.1) is 0 Å². The van der Waals surface area contributed by atoms with Gasteiger partial charge in [0.2, 0.25) is 0 Å². The van der Waals surface area contributed by atoms with Crippen molar-refractivity contribution < 1.29 is 4.74 Å². The highest BCUT2D eigenvalue weighted by molar-refractivity contribution is 6.31. The van der Waals surface area contributed by atoms with Crippen molar-refractivity contribution in [3.63, 3.8) is 0 Å². The molecule has 3 rings (SSSR count). The van der Waals surface area contributed by atoms with E-state index in [9.17, 15) is 0 Å². The zero-order chi connectivity index (χ0) is 17.8. The molecule has 3 aromatic rings. The predicted molar refractivity (Wildman–Crippen MR) is 104 cm³/mol. The van der Waals surface area contributed by atoms with Gasteiger partial charge in [-0.25, -0.2) is 4.98 Å². The van der Waals surface area contributed by atoms with E-state index in [2.05, 4.69) is 34.1 Å². The van der Waals surface area contributed by atoms with Crippen molar-refractivity contribution in [1.29, 1.82) is 0 Å². The Hall–Kier alpha value is -2.72. The standard InChI is InChI=1S/C20H20ClN3O/c1-24(2)17-9-7-14(8-10-17)16-11-19(20(22)23-12-16)25-13-15-5-3-4-6-18(15)21/h3-12H,13H2,1-2H3,(H2,22,23). The van der Waals surface area contributed by atoms with Gasteiger partial charge in [-0.2, -0.15) is 0 Å². The number of aromatic nitrogens is 1. The molecule has 0 aliphatic carbocycles. The van der Waals surface area contributed by atoms with E-state index >= 15 is 0 Å². The maximum absolute atomic E-state index is 6.17. The molecular formula is C20H20ClN3O. The quantitative estimate of drug-likeness (QED) is 0.726. The van der Waals surface area contributed by atoms with E-state index in [0.29, 0.717) is 23.2 Å². The molecule has 0 aliphatic heterocycles. The minimum atomic E-state index is 0.342. The summed E-state index contributed by atoms with van der Waals surface area (Å²) in [5.74, 6) is 0.912. The SMILES string of the molecule is CN(C)c1ccc(-c2cnc(N)c(OCc3ccccc3Cl)c2)cc1. The second-order valence-corrected chi connectivity index (χ2v) is 6.34. The lowest BCUT2D eigenvalue weighted by Crippen LogP contribution is -2.07. The first-order chi connectivity index (χ1) is 12.0. The summed E-state index contributed by atoms with van der Waals surface area (Å²) >= 11 is 6.17. The van der Waals surface area contributed by atoms with E-state index in [0.717, 1.165) is 22.4 Å². The van der Waals surface area contributed by atoms with Crippen LogP contribution in [0.15, 0.2) is 60.8 Å². The fourth-order valence-electron chi connectivity index (χ4n) is 2.45. The van der Waals surface area contributed by atoms with Gasteiger partial charge in [0.05, 0.1) is 0 Å². The number of hydrogen-bond acceptors (Lipinski definition) is 4. The summed E-state index contributed by atoms with van der Waals surface area (Å²) in [4.78, 5) is 6.32. The molecule has 0 atom stereocenters. The van der Waals surface area contributed by atoms with Gasteiger partial charge in [-0.1, -0.05) is 41.9 Å². The first-order valence-corrected chi connectivity index (χ1v) is 8.32. The molecule has 4 nitrogen and oxygen atoms in total. The molecule has 2 N–H and O–H groups in total. The van der Waals surface area contributed by atoms with Gasteiger partial charge < -0.3 is 15.4 Å². The first-order valence-electron chi connectivity index (χ1n) is 7.94. The van der Waals surface area contributed by atoms with E-state index in [1.54, 1.807) is 6.20 Å². The van der Waals surface area contributed by atoms with Gasteiger partial charge >= 0.3 is 0 Å². The first kappa shape index (κ1) is 17.1. The molecule has 0 aliphatic rings. The summed E-state index contributed by atoms with van der Waals surface area (Å²) in [6, 6.07) is 17.7. The van der Waals surface area contributed by atoms with Crippen LogP contribution in [-0.2, 0) is 6.61 Å². The highest BCUT2D eigenvalue weighted by atomic mass is 35.5.